The monoisotopic (exact) mass is 317 g/mol. The minimum Gasteiger partial charge on any atom is -0.331 e. The Labute approximate surface area is 133 Å². The SMILES string of the molecule is CCO[PH](=O)CCN(Cc1ccccc1)Cc1ccccc1. The Morgan fingerprint density at radius 1 is 0.909 bits per heavy atom. The van der Waals surface area contributed by atoms with E-state index in [1.807, 2.05) is 19.1 Å². The molecule has 0 aromatic heterocycles. The first-order valence-electron chi connectivity index (χ1n) is 7.73. The van der Waals surface area contributed by atoms with Gasteiger partial charge in [-0.25, -0.2) is 0 Å². The molecule has 0 heterocycles. The van der Waals surface area contributed by atoms with Crippen LogP contribution in [0.3, 0.4) is 0 Å². The highest BCUT2D eigenvalue weighted by Crippen LogP contribution is 2.22. The van der Waals surface area contributed by atoms with E-state index in [2.05, 4.69) is 53.4 Å². The first-order valence-corrected chi connectivity index (χ1v) is 9.26. The molecule has 22 heavy (non-hydrogen) atoms. The lowest BCUT2D eigenvalue weighted by Gasteiger charge is -2.22. The zero-order valence-electron chi connectivity index (χ0n) is 13.1. The van der Waals surface area contributed by atoms with Gasteiger partial charge in [0.15, 0.2) is 8.03 Å². The van der Waals surface area contributed by atoms with E-state index >= 15 is 0 Å². The summed E-state index contributed by atoms with van der Waals surface area (Å²) >= 11 is 0. The minimum atomic E-state index is -1.91. The van der Waals surface area contributed by atoms with Gasteiger partial charge in [0.25, 0.3) is 0 Å². The number of hydrogen-bond acceptors (Lipinski definition) is 3. The highest BCUT2D eigenvalue weighted by molar-refractivity contribution is 7.39. The third-order valence-electron chi connectivity index (χ3n) is 3.44. The third kappa shape index (κ3) is 6.15. The zero-order valence-corrected chi connectivity index (χ0v) is 14.1. The number of nitrogens with zero attached hydrogens (tertiary/aromatic N) is 1. The average Bonchev–Trinajstić information content (AvgIpc) is 2.55. The molecular formula is C18H24NO2P. The summed E-state index contributed by atoms with van der Waals surface area (Å²) in [6.07, 6.45) is 0.609. The van der Waals surface area contributed by atoms with E-state index in [0.717, 1.165) is 19.6 Å². The fourth-order valence-corrected chi connectivity index (χ4v) is 3.34. The Hall–Kier alpha value is -1.41. The van der Waals surface area contributed by atoms with Crippen molar-refractivity contribution in [3.8, 4) is 0 Å². The number of rotatable bonds is 9. The highest BCUT2D eigenvalue weighted by atomic mass is 31.1. The molecule has 0 saturated heterocycles. The summed E-state index contributed by atoms with van der Waals surface area (Å²) in [4.78, 5) is 2.33. The van der Waals surface area contributed by atoms with Crippen molar-refractivity contribution >= 4 is 8.03 Å². The van der Waals surface area contributed by atoms with Gasteiger partial charge in [-0.15, -0.1) is 0 Å². The van der Waals surface area contributed by atoms with Gasteiger partial charge in [0.1, 0.15) is 0 Å². The molecule has 118 valence electrons. The van der Waals surface area contributed by atoms with E-state index in [0.29, 0.717) is 12.8 Å². The van der Waals surface area contributed by atoms with Crippen LogP contribution in [-0.4, -0.2) is 24.2 Å². The topological polar surface area (TPSA) is 29.5 Å². The van der Waals surface area contributed by atoms with E-state index in [9.17, 15) is 4.57 Å². The normalized spacial score (nSPS) is 12.5. The van der Waals surface area contributed by atoms with Crippen molar-refractivity contribution in [2.45, 2.75) is 20.0 Å². The molecule has 0 aliphatic carbocycles. The van der Waals surface area contributed by atoms with E-state index < -0.39 is 8.03 Å². The van der Waals surface area contributed by atoms with Gasteiger partial charge in [-0.2, -0.15) is 0 Å². The van der Waals surface area contributed by atoms with Crippen molar-refractivity contribution in [3.05, 3.63) is 71.8 Å². The van der Waals surface area contributed by atoms with Crippen molar-refractivity contribution in [3.63, 3.8) is 0 Å². The van der Waals surface area contributed by atoms with Crippen molar-refractivity contribution in [2.24, 2.45) is 0 Å². The van der Waals surface area contributed by atoms with Gasteiger partial charge in [0.05, 0.1) is 6.61 Å². The fourth-order valence-electron chi connectivity index (χ4n) is 2.38. The minimum absolute atomic E-state index is 0.523. The average molecular weight is 317 g/mol. The summed E-state index contributed by atoms with van der Waals surface area (Å²) in [6, 6.07) is 20.8. The molecule has 0 aliphatic heterocycles. The lowest BCUT2D eigenvalue weighted by molar-refractivity contribution is 0.267. The molecule has 1 atom stereocenters. The molecule has 0 spiro atoms. The molecule has 3 nitrogen and oxygen atoms in total. The van der Waals surface area contributed by atoms with Crippen LogP contribution in [0.1, 0.15) is 18.1 Å². The van der Waals surface area contributed by atoms with Crippen molar-refractivity contribution in [2.75, 3.05) is 19.3 Å². The van der Waals surface area contributed by atoms with E-state index in [4.69, 9.17) is 4.52 Å². The van der Waals surface area contributed by atoms with Crippen molar-refractivity contribution in [1.82, 2.24) is 4.90 Å². The molecule has 2 rings (SSSR count). The summed E-state index contributed by atoms with van der Waals surface area (Å²) < 4.78 is 17.0. The van der Waals surface area contributed by atoms with Crippen LogP contribution < -0.4 is 0 Å². The second-order valence-electron chi connectivity index (χ2n) is 5.24. The standard InChI is InChI=1S/C18H24NO2P/c1-2-21-22(20)14-13-19(15-17-9-5-3-6-10-17)16-18-11-7-4-8-12-18/h3-12,22H,2,13-16H2,1H3. The first-order chi connectivity index (χ1) is 10.8. The molecule has 0 fully saturated rings. The second kappa shape index (κ2) is 9.58. The van der Waals surface area contributed by atoms with E-state index in [1.165, 1.54) is 11.1 Å². The molecule has 0 amide bonds. The van der Waals surface area contributed by atoms with Crippen molar-refractivity contribution < 1.29 is 9.09 Å². The van der Waals surface area contributed by atoms with Gasteiger partial charge < -0.3 is 4.52 Å². The Morgan fingerprint density at radius 3 is 1.86 bits per heavy atom. The molecular weight excluding hydrogens is 293 g/mol. The van der Waals surface area contributed by atoms with Crippen LogP contribution in [0.25, 0.3) is 0 Å². The smallest absolute Gasteiger partial charge is 0.192 e. The first kappa shape index (κ1) is 17.0. The summed E-state index contributed by atoms with van der Waals surface area (Å²) in [7, 11) is -1.91. The maximum atomic E-state index is 11.8. The van der Waals surface area contributed by atoms with E-state index in [1.54, 1.807) is 0 Å². The maximum absolute atomic E-state index is 11.8. The van der Waals surface area contributed by atoms with Crippen LogP contribution in [-0.2, 0) is 22.2 Å². The second-order valence-corrected chi connectivity index (χ2v) is 6.77. The predicted octanol–water partition coefficient (Wildman–Crippen LogP) is 4.20. The Balaban J connectivity index is 1.98. The maximum Gasteiger partial charge on any atom is 0.192 e. The van der Waals surface area contributed by atoms with Crippen LogP contribution in [0.5, 0.6) is 0 Å². The highest BCUT2D eigenvalue weighted by Gasteiger charge is 2.09. The molecule has 0 saturated carbocycles. The van der Waals surface area contributed by atoms with Gasteiger partial charge in [-0.1, -0.05) is 60.7 Å². The molecule has 0 aliphatic rings. The van der Waals surface area contributed by atoms with Crippen molar-refractivity contribution in [1.29, 1.82) is 0 Å². The molecule has 4 heteroatoms. The molecule has 1 unspecified atom stereocenters. The number of hydrogen-bond donors (Lipinski definition) is 0. The molecule has 0 N–H and O–H groups in total. The Morgan fingerprint density at radius 2 is 1.41 bits per heavy atom. The van der Waals surface area contributed by atoms with Gasteiger partial charge in [0.2, 0.25) is 0 Å². The molecule has 0 radical (unpaired) electrons. The summed E-state index contributed by atoms with van der Waals surface area (Å²) in [5.41, 5.74) is 2.55. The lowest BCUT2D eigenvalue weighted by Crippen LogP contribution is -2.25. The molecule has 0 bridgehead atoms. The van der Waals surface area contributed by atoms with Crippen LogP contribution in [0, 0.1) is 0 Å². The van der Waals surface area contributed by atoms with Gasteiger partial charge in [-0.05, 0) is 18.1 Å². The van der Waals surface area contributed by atoms with Crippen LogP contribution in [0.15, 0.2) is 60.7 Å². The van der Waals surface area contributed by atoms with Crippen LogP contribution in [0.2, 0.25) is 0 Å². The number of benzene rings is 2. The van der Waals surface area contributed by atoms with Gasteiger partial charge in [-0.3, -0.25) is 9.46 Å². The van der Waals surface area contributed by atoms with E-state index in [-0.39, 0.29) is 0 Å². The molecule has 2 aromatic carbocycles. The summed E-state index contributed by atoms with van der Waals surface area (Å²) in [6.45, 7) is 4.90. The van der Waals surface area contributed by atoms with Gasteiger partial charge in [0, 0.05) is 25.8 Å². The summed E-state index contributed by atoms with van der Waals surface area (Å²) in [5.74, 6) is 0. The Kier molecular flexibility index (Phi) is 7.38. The molecule has 2 aromatic rings. The lowest BCUT2D eigenvalue weighted by atomic mass is 10.1. The predicted molar refractivity (Wildman–Crippen MR) is 92.5 cm³/mol. The fraction of sp³-hybridized carbons (Fsp3) is 0.333. The largest absolute Gasteiger partial charge is 0.331 e. The quantitative estimate of drug-likeness (QED) is 0.649. The Bertz CT molecular complexity index is 518. The summed E-state index contributed by atoms with van der Waals surface area (Å²) in [5, 5.41) is 0. The third-order valence-corrected chi connectivity index (χ3v) is 4.68. The van der Waals surface area contributed by atoms with Gasteiger partial charge >= 0.3 is 0 Å². The van der Waals surface area contributed by atoms with Crippen LogP contribution in [0.4, 0.5) is 0 Å². The zero-order chi connectivity index (χ0) is 15.6. The van der Waals surface area contributed by atoms with Crippen LogP contribution >= 0.6 is 8.03 Å².